The van der Waals surface area contributed by atoms with Gasteiger partial charge in [-0.25, -0.2) is 8.42 Å². The summed E-state index contributed by atoms with van der Waals surface area (Å²) in [6.45, 7) is 4.92. The van der Waals surface area contributed by atoms with E-state index in [-0.39, 0.29) is 23.3 Å². The Hall–Kier alpha value is -1.89. The zero-order chi connectivity index (χ0) is 16.9. The molecule has 1 aromatic rings. The average molecular weight is 327 g/mol. The number of aliphatic carboxylic acids is 1. The van der Waals surface area contributed by atoms with Crippen LogP contribution in [0.5, 0.6) is 0 Å². The van der Waals surface area contributed by atoms with E-state index < -0.39 is 21.1 Å². The van der Waals surface area contributed by atoms with Gasteiger partial charge in [0.2, 0.25) is 0 Å². The number of hydrogen-bond acceptors (Lipinski definition) is 4. The Balaban J connectivity index is 2.74. The molecule has 0 spiro atoms. The van der Waals surface area contributed by atoms with Crippen molar-refractivity contribution >= 4 is 21.7 Å². The van der Waals surface area contributed by atoms with E-state index in [4.69, 9.17) is 5.11 Å². The van der Waals surface area contributed by atoms with Gasteiger partial charge in [-0.2, -0.15) is 0 Å². The zero-order valence-electron chi connectivity index (χ0n) is 12.9. The van der Waals surface area contributed by atoms with Crippen LogP contribution in [-0.2, 0) is 14.6 Å². The van der Waals surface area contributed by atoms with Crippen LogP contribution in [0.3, 0.4) is 0 Å². The molecule has 0 radical (unpaired) electrons. The molecule has 0 aliphatic rings. The van der Waals surface area contributed by atoms with Crippen molar-refractivity contribution in [1.29, 1.82) is 0 Å². The van der Waals surface area contributed by atoms with E-state index in [2.05, 4.69) is 5.32 Å². The van der Waals surface area contributed by atoms with Gasteiger partial charge < -0.3 is 10.4 Å². The van der Waals surface area contributed by atoms with Gasteiger partial charge in [-0.15, -0.1) is 0 Å². The largest absolute Gasteiger partial charge is 0.481 e. The van der Waals surface area contributed by atoms with Crippen molar-refractivity contribution in [2.24, 2.45) is 0 Å². The molecular weight excluding hydrogens is 306 g/mol. The lowest BCUT2D eigenvalue weighted by Gasteiger charge is -2.13. The summed E-state index contributed by atoms with van der Waals surface area (Å²) in [7, 11) is -3.36. The number of rotatable bonds is 7. The van der Waals surface area contributed by atoms with E-state index in [9.17, 15) is 18.0 Å². The van der Waals surface area contributed by atoms with E-state index in [1.165, 1.54) is 24.3 Å². The molecule has 2 N–H and O–H groups in total. The number of benzene rings is 1. The second-order valence-electron chi connectivity index (χ2n) is 5.43. The van der Waals surface area contributed by atoms with Gasteiger partial charge in [-0.1, -0.05) is 0 Å². The quantitative estimate of drug-likeness (QED) is 0.796. The van der Waals surface area contributed by atoms with Gasteiger partial charge in [-0.3, -0.25) is 9.59 Å². The number of nitrogens with one attached hydrogen (secondary N) is 1. The van der Waals surface area contributed by atoms with E-state index >= 15 is 0 Å². The summed E-state index contributed by atoms with van der Waals surface area (Å²) >= 11 is 0. The molecule has 0 aromatic heterocycles. The summed E-state index contributed by atoms with van der Waals surface area (Å²) in [5.74, 6) is -1.27. The molecule has 0 saturated carbocycles. The number of hydrogen-bond donors (Lipinski definition) is 2. The van der Waals surface area contributed by atoms with Gasteiger partial charge in [0.25, 0.3) is 5.91 Å². The van der Waals surface area contributed by atoms with E-state index in [0.29, 0.717) is 12.0 Å². The lowest BCUT2D eigenvalue weighted by Crippen LogP contribution is -2.32. The normalized spacial score (nSPS) is 12.9. The Bertz CT molecular complexity index is 634. The molecule has 0 aliphatic heterocycles. The van der Waals surface area contributed by atoms with Crippen LogP contribution in [0.15, 0.2) is 29.2 Å². The van der Waals surface area contributed by atoms with E-state index in [0.717, 1.165) is 0 Å². The maximum Gasteiger partial charge on any atom is 0.303 e. The predicted octanol–water partition coefficient (Wildman–Crippen LogP) is 1.85. The number of amides is 1. The maximum absolute atomic E-state index is 12.0. The molecule has 0 saturated heterocycles. The minimum Gasteiger partial charge on any atom is -0.481 e. The molecule has 7 heteroatoms. The van der Waals surface area contributed by atoms with Crippen LogP contribution in [0, 0.1) is 0 Å². The minimum atomic E-state index is -3.36. The predicted molar refractivity (Wildman–Crippen MR) is 82.6 cm³/mol. The van der Waals surface area contributed by atoms with Crippen molar-refractivity contribution in [1.82, 2.24) is 5.32 Å². The van der Waals surface area contributed by atoms with Crippen LogP contribution in [0.4, 0.5) is 0 Å². The highest BCUT2D eigenvalue weighted by Crippen LogP contribution is 2.16. The Kier molecular flexibility index (Phi) is 6.11. The Labute approximate surface area is 130 Å². The van der Waals surface area contributed by atoms with Crippen LogP contribution < -0.4 is 5.32 Å². The summed E-state index contributed by atoms with van der Waals surface area (Å²) in [5.41, 5.74) is 0.338. The zero-order valence-corrected chi connectivity index (χ0v) is 13.7. The Morgan fingerprint density at radius 2 is 1.68 bits per heavy atom. The lowest BCUT2D eigenvalue weighted by atomic mass is 10.1. The molecule has 22 heavy (non-hydrogen) atoms. The first-order valence-corrected chi connectivity index (χ1v) is 8.56. The minimum absolute atomic E-state index is 0.0208. The first-order chi connectivity index (χ1) is 10.1. The topological polar surface area (TPSA) is 101 Å². The number of carboxylic acids is 1. The maximum atomic E-state index is 12.0. The SMILES string of the molecule is CC(CCC(=O)O)NC(=O)c1ccc(S(=O)(=O)C(C)C)cc1. The second-order valence-corrected chi connectivity index (χ2v) is 7.93. The van der Waals surface area contributed by atoms with Gasteiger partial charge in [0.15, 0.2) is 9.84 Å². The molecule has 0 heterocycles. The van der Waals surface area contributed by atoms with Crippen molar-refractivity contribution in [3.63, 3.8) is 0 Å². The monoisotopic (exact) mass is 327 g/mol. The Morgan fingerprint density at radius 1 is 1.14 bits per heavy atom. The second kappa shape index (κ2) is 7.40. The Morgan fingerprint density at radius 3 is 2.14 bits per heavy atom. The van der Waals surface area contributed by atoms with Crippen LogP contribution in [-0.4, -0.2) is 36.7 Å². The summed E-state index contributed by atoms with van der Waals surface area (Å²) in [5, 5.41) is 10.8. The number of carbonyl (C=O) groups is 2. The lowest BCUT2D eigenvalue weighted by molar-refractivity contribution is -0.137. The highest BCUT2D eigenvalue weighted by Gasteiger charge is 2.19. The molecule has 0 aliphatic carbocycles. The molecule has 122 valence electrons. The van der Waals surface area contributed by atoms with Crippen molar-refractivity contribution in [3.8, 4) is 0 Å². The fraction of sp³-hybridized carbons (Fsp3) is 0.467. The summed E-state index contributed by atoms with van der Waals surface area (Å²) < 4.78 is 24.0. The summed E-state index contributed by atoms with van der Waals surface area (Å²) in [4.78, 5) is 22.6. The van der Waals surface area contributed by atoms with Gasteiger partial charge >= 0.3 is 5.97 Å². The van der Waals surface area contributed by atoms with Crippen molar-refractivity contribution in [3.05, 3.63) is 29.8 Å². The first-order valence-electron chi connectivity index (χ1n) is 7.01. The van der Waals surface area contributed by atoms with Crippen molar-refractivity contribution in [2.75, 3.05) is 0 Å². The molecule has 1 rings (SSSR count). The third-order valence-electron chi connectivity index (χ3n) is 3.23. The number of carboxylic acid groups (broad SMARTS) is 1. The van der Waals surface area contributed by atoms with Gasteiger partial charge in [-0.05, 0) is 51.5 Å². The summed E-state index contributed by atoms with van der Waals surface area (Å²) in [6.07, 6.45) is 0.313. The molecule has 6 nitrogen and oxygen atoms in total. The fourth-order valence-corrected chi connectivity index (χ4v) is 2.85. The van der Waals surface area contributed by atoms with Crippen LogP contribution in [0.1, 0.15) is 44.0 Å². The van der Waals surface area contributed by atoms with Gasteiger partial charge in [0.1, 0.15) is 0 Å². The smallest absolute Gasteiger partial charge is 0.303 e. The molecule has 1 aromatic carbocycles. The molecule has 0 bridgehead atoms. The highest BCUT2D eigenvalue weighted by molar-refractivity contribution is 7.92. The number of carbonyl (C=O) groups excluding carboxylic acids is 1. The molecule has 0 fully saturated rings. The molecule has 1 atom stereocenters. The van der Waals surface area contributed by atoms with Gasteiger partial charge in [0, 0.05) is 18.0 Å². The third kappa shape index (κ3) is 4.84. The van der Waals surface area contributed by atoms with Crippen LogP contribution in [0.25, 0.3) is 0 Å². The fourth-order valence-electron chi connectivity index (χ4n) is 1.79. The molecular formula is C15H21NO5S. The van der Waals surface area contributed by atoms with Crippen molar-refractivity contribution < 1.29 is 23.1 Å². The van der Waals surface area contributed by atoms with Crippen LogP contribution >= 0.6 is 0 Å². The highest BCUT2D eigenvalue weighted by atomic mass is 32.2. The van der Waals surface area contributed by atoms with Crippen LogP contribution in [0.2, 0.25) is 0 Å². The van der Waals surface area contributed by atoms with E-state index in [1.807, 2.05) is 0 Å². The van der Waals surface area contributed by atoms with Crippen molar-refractivity contribution in [2.45, 2.75) is 49.8 Å². The molecule has 1 unspecified atom stereocenters. The summed E-state index contributed by atoms with van der Waals surface area (Å²) in [6, 6.07) is 5.45. The van der Waals surface area contributed by atoms with E-state index in [1.54, 1.807) is 20.8 Å². The third-order valence-corrected chi connectivity index (χ3v) is 5.40. The van der Waals surface area contributed by atoms with Gasteiger partial charge in [0.05, 0.1) is 10.1 Å². The first kappa shape index (κ1) is 18.2. The molecule has 1 amide bonds. The number of sulfone groups is 1. The standard InChI is InChI=1S/C15H21NO5S/c1-10(2)22(20,21)13-7-5-12(6-8-13)15(19)16-11(3)4-9-14(17)18/h5-8,10-11H,4,9H2,1-3H3,(H,16,19)(H,17,18). The average Bonchev–Trinajstić information content (AvgIpc) is 2.45.